The van der Waals surface area contributed by atoms with Gasteiger partial charge in [0.1, 0.15) is 0 Å². The van der Waals surface area contributed by atoms with E-state index in [4.69, 9.17) is 0 Å². The van der Waals surface area contributed by atoms with Gasteiger partial charge in [0.15, 0.2) is 5.13 Å². The number of anilines is 1. The van der Waals surface area contributed by atoms with E-state index < -0.39 is 0 Å². The molecule has 0 saturated carbocycles. The SMILES string of the molecule is CCN(C(C)=O)c1nc(CNn2cccc2)cs1. The lowest BCUT2D eigenvalue weighted by atomic mass is 10.5. The Kier molecular flexibility index (Phi) is 3.99. The minimum Gasteiger partial charge on any atom is -0.320 e. The van der Waals surface area contributed by atoms with Gasteiger partial charge in [-0.05, 0) is 19.1 Å². The summed E-state index contributed by atoms with van der Waals surface area (Å²) in [4.78, 5) is 17.5. The maximum atomic E-state index is 11.4. The van der Waals surface area contributed by atoms with Crippen LogP contribution in [-0.4, -0.2) is 22.1 Å². The zero-order chi connectivity index (χ0) is 13.0. The third-order valence-electron chi connectivity index (χ3n) is 2.51. The van der Waals surface area contributed by atoms with Crippen LogP contribution in [0.1, 0.15) is 19.5 Å². The van der Waals surface area contributed by atoms with Crippen molar-refractivity contribution in [3.8, 4) is 0 Å². The van der Waals surface area contributed by atoms with Crippen LogP contribution in [0.3, 0.4) is 0 Å². The van der Waals surface area contributed by atoms with Gasteiger partial charge in [-0.1, -0.05) is 0 Å². The highest BCUT2D eigenvalue weighted by Gasteiger charge is 2.12. The molecule has 1 amide bonds. The largest absolute Gasteiger partial charge is 0.320 e. The van der Waals surface area contributed by atoms with Gasteiger partial charge in [-0.3, -0.25) is 14.4 Å². The van der Waals surface area contributed by atoms with E-state index in [1.165, 1.54) is 11.3 Å². The molecule has 5 nitrogen and oxygen atoms in total. The third kappa shape index (κ3) is 2.89. The highest BCUT2D eigenvalue weighted by atomic mass is 32.1. The molecule has 0 fully saturated rings. The summed E-state index contributed by atoms with van der Waals surface area (Å²) in [5.41, 5.74) is 4.13. The Labute approximate surface area is 110 Å². The third-order valence-corrected chi connectivity index (χ3v) is 3.43. The molecule has 96 valence electrons. The summed E-state index contributed by atoms with van der Waals surface area (Å²) in [5, 5.41) is 2.73. The maximum absolute atomic E-state index is 11.4. The molecular weight excluding hydrogens is 248 g/mol. The summed E-state index contributed by atoms with van der Waals surface area (Å²) >= 11 is 1.49. The Balaban J connectivity index is 1.99. The average molecular weight is 264 g/mol. The van der Waals surface area contributed by atoms with Gasteiger partial charge in [0.2, 0.25) is 5.91 Å². The second-order valence-electron chi connectivity index (χ2n) is 3.81. The Morgan fingerprint density at radius 3 is 2.83 bits per heavy atom. The van der Waals surface area contributed by atoms with Crippen LogP contribution in [0, 0.1) is 0 Å². The molecule has 0 aliphatic heterocycles. The topological polar surface area (TPSA) is 50.2 Å². The van der Waals surface area contributed by atoms with Crippen molar-refractivity contribution in [3.05, 3.63) is 35.6 Å². The Morgan fingerprint density at radius 2 is 2.22 bits per heavy atom. The molecule has 2 heterocycles. The molecule has 18 heavy (non-hydrogen) atoms. The molecule has 0 aromatic carbocycles. The van der Waals surface area contributed by atoms with Gasteiger partial charge in [-0.25, -0.2) is 4.98 Å². The molecule has 6 heteroatoms. The maximum Gasteiger partial charge on any atom is 0.225 e. The van der Waals surface area contributed by atoms with E-state index in [9.17, 15) is 4.79 Å². The average Bonchev–Trinajstić information content (AvgIpc) is 2.97. The number of carbonyl (C=O) groups is 1. The minimum absolute atomic E-state index is 0.0248. The van der Waals surface area contributed by atoms with Crippen LogP contribution in [0.15, 0.2) is 29.9 Å². The van der Waals surface area contributed by atoms with Crippen LogP contribution >= 0.6 is 11.3 Å². The summed E-state index contributed by atoms with van der Waals surface area (Å²) in [6, 6.07) is 3.90. The van der Waals surface area contributed by atoms with Gasteiger partial charge in [0, 0.05) is 31.2 Å². The molecular formula is C12H16N4OS. The van der Waals surface area contributed by atoms with Crippen molar-refractivity contribution in [1.82, 2.24) is 9.66 Å². The van der Waals surface area contributed by atoms with E-state index in [0.29, 0.717) is 13.1 Å². The van der Waals surface area contributed by atoms with Crippen LogP contribution in [0.4, 0.5) is 5.13 Å². The summed E-state index contributed by atoms with van der Waals surface area (Å²) in [7, 11) is 0. The number of thiazole rings is 1. The molecule has 0 aliphatic carbocycles. The molecule has 0 radical (unpaired) electrons. The summed E-state index contributed by atoms with van der Waals surface area (Å²) in [6.45, 7) is 4.79. The van der Waals surface area contributed by atoms with Gasteiger partial charge in [0.25, 0.3) is 0 Å². The number of carbonyl (C=O) groups excluding carboxylic acids is 1. The van der Waals surface area contributed by atoms with Gasteiger partial charge in [-0.2, -0.15) is 0 Å². The van der Waals surface area contributed by atoms with Crippen molar-refractivity contribution in [3.63, 3.8) is 0 Å². The number of aromatic nitrogens is 2. The molecule has 1 N–H and O–H groups in total. The molecule has 0 spiro atoms. The highest BCUT2D eigenvalue weighted by molar-refractivity contribution is 7.14. The second-order valence-corrected chi connectivity index (χ2v) is 4.65. The fraction of sp³-hybridized carbons (Fsp3) is 0.333. The van der Waals surface area contributed by atoms with Crippen molar-refractivity contribution in [1.29, 1.82) is 0 Å². The van der Waals surface area contributed by atoms with Crippen molar-refractivity contribution in [2.45, 2.75) is 20.4 Å². The van der Waals surface area contributed by atoms with Crippen LogP contribution < -0.4 is 10.3 Å². The fourth-order valence-electron chi connectivity index (χ4n) is 1.61. The standard InChI is InChI=1S/C12H16N4OS/c1-3-16(10(2)17)12-14-11(9-18-12)8-13-15-6-4-5-7-15/h4-7,9,13H,3,8H2,1-2H3. The van der Waals surface area contributed by atoms with E-state index in [2.05, 4.69) is 10.4 Å². The lowest BCUT2D eigenvalue weighted by molar-refractivity contribution is -0.116. The molecule has 0 bridgehead atoms. The Hall–Kier alpha value is -1.82. The molecule has 0 unspecified atom stereocenters. The van der Waals surface area contributed by atoms with Crippen molar-refractivity contribution < 1.29 is 4.79 Å². The number of hydrogen-bond acceptors (Lipinski definition) is 4. The molecule has 0 aliphatic rings. The number of hydrogen-bond donors (Lipinski definition) is 1. The summed E-state index contributed by atoms with van der Waals surface area (Å²) in [6.07, 6.45) is 3.86. The monoisotopic (exact) mass is 264 g/mol. The predicted octanol–water partition coefficient (Wildman–Crippen LogP) is 2.06. The molecule has 0 atom stereocenters. The first-order chi connectivity index (χ1) is 8.70. The van der Waals surface area contributed by atoms with Gasteiger partial charge in [-0.15, -0.1) is 11.3 Å². The number of nitrogens with one attached hydrogen (secondary N) is 1. The molecule has 0 saturated heterocycles. The van der Waals surface area contributed by atoms with Gasteiger partial charge >= 0.3 is 0 Å². The quantitative estimate of drug-likeness (QED) is 0.899. The molecule has 2 aromatic heterocycles. The van der Waals surface area contributed by atoms with Crippen molar-refractivity contribution in [2.24, 2.45) is 0 Å². The minimum atomic E-state index is 0.0248. The lowest BCUT2D eigenvalue weighted by Crippen LogP contribution is -2.27. The lowest BCUT2D eigenvalue weighted by Gasteiger charge is -2.14. The van der Waals surface area contributed by atoms with Crippen LogP contribution in [0.2, 0.25) is 0 Å². The number of rotatable bonds is 5. The Bertz CT molecular complexity index is 506. The van der Waals surface area contributed by atoms with E-state index in [1.807, 2.05) is 41.5 Å². The molecule has 2 rings (SSSR count). The van der Waals surface area contributed by atoms with E-state index in [1.54, 1.807) is 11.8 Å². The summed E-state index contributed by atoms with van der Waals surface area (Å²) in [5.74, 6) is 0.0248. The second kappa shape index (κ2) is 5.68. The smallest absolute Gasteiger partial charge is 0.225 e. The van der Waals surface area contributed by atoms with Gasteiger partial charge in [0.05, 0.1) is 12.2 Å². The predicted molar refractivity (Wildman–Crippen MR) is 73.3 cm³/mol. The zero-order valence-electron chi connectivity index (χ0n) is 10.5. The van der Waals surface area contributed by atoms with E-state index in [0.717, 1.165) is 10.8 Å². The zero-order valence-corrected chi connectivity index (χ0v) is 11.3. The van der Waals surface area contributed by atoms with Crippen LogP contribution in [0.5, 0.6) is 0 Å². The normalized spacial score (nSPS) is 10.3. The fourth-order valence-corrected chi connectivity index (χ4v) is 2.54. The van der Waals surface area contributed by atoms with Gasteiger partial charge < -0.3 is 5.43 Å². The van der Waals surface area contributed by atoms with E-state index >= 15 is 0 Å². The summed E-state index contributed by atoms with van der Waals surface area (Å²) < 4.78 is 1.88. The number of nitrogens with zero attached hydrogens (tertiary/aromatic N) is 3. The van der Waals surface area contributed by atoms with E-state index in [-0.39, 0.29) is 5.91 Å². The number of amides is 1. The van der Waals surface area contributed by atoms with Crippen LogP contribution in [-0.2, 0) is 11.3 Å². The van der Waals surface area contributed by atoms with Crippen molar-refractivity contribution in [2.75, 3.05) is 16.9 Å². The first kappa shape index (κ1) is 12.6. The Morgan fingerprint density at radius 1 is 1.50 bits per heavy atom. The first-order valence-corrected chi connectivity index (χ1v) is 6.68. The van der Waals surface area contributed by atoms with Crippen LogP contribution in [0.25, 0.3) is 0 Å². The molecule has 2 aromatic rings. The first-order valence-electron chi connectivity index (χ1n) is 5.80. The highest BCUT2D eigenvalue weighted by Crippen LogP contribution is 2.20. The van der Waals surface area contributed by atoms with Crippen molar-refractivity contribution >= 4 is 22.4 Å².